The summed E-state index contributed by atoms with van der Waals surface area (Å²) in [7, 11) is 0. The van der Waals surface area contributed by atoms with Gasteiger partial charge < -0.3 is 10.2 Å². The third-order valence-corrected chi connectivity index (χ3v) is 7.70. The van der Waals surface area contributed by atoms with Crippen molar-refractivity contribution < 1.29 is 0 Å². The highest BCUT2D eigenvalue weighted by molar-refractivity contribution is 7.98. The largest absolute Gasteiger partial charge is 0.369 e. The molecule has 1 aliphatic rings. The Morgan fingerprint density at radius 1 is 0.944 bits per heavy atom. The van der Waals surface area contributed by atoms with Gasteiger partial charge in [-0.1, -0.05) is 12.1 Å². The van der Waals surface area contributed by atoms with Gasteiger partial charge in [-0.2, -0.15) is 0 Å². The molecule has 0 spiro atoms. The molecule has 0 aliphatic carbocycles. The van der Waals surface area contributed by atoms with Crippen LogP contribution >= 0.6 is 24.2 Å². The van der Waals surface area contributed by atoms with Gasteiger partial charge in [-0.3, -0.25) is 9.47 Å². The summed E-state index contributed by atoms with van der Waals surface area (Å²) in [6, 6.07) is 15.1. The molecule has 0 radical (unpaired) electrons. The van der Waals surface area contributed by atoms with Crippen LogP contribution in [0.2, 0.25) is 0 Å². The Hall–Kier alpha value is -2.81. The zero-order valence-corrected chi connectivity index (χ0v) is 23.0. The monoisotopic (exact) mass is 523 g/mol. The van der Waals surface area contributed by atoms with E-state index < -0.39 is 0 Å². The van der Waals surface area contributed by atoms with Crippen LogP contribution in [0.15, 0.2) is 53.7 Å². The number of hydrogen-bond acceptors (Lipinski definition) is 7. The van der Waals surface area contributed by atoms with Crippen LogP contribution in [0.1, 0.15) is 17.0 Å². The van der Waals surface area contributed by atoms with E-state index in [-0.39, 0.29) is 12.4 Å². The van der Waals surface area contributed by atoms with Gasteiger partial charge in [-0.05, 0) is 68.5 Å². The Morgan fingerprint density at radius 3 is 2.42 bits per heavy atom. The van der Waals surface area contributed by atoms with Gasteiger partial charge in [0.2, 0.25) is 0 Å². The molecule has 190 valence electrons. The molecule has 0 amide bonds. The van der Waals surface area contributed by atoms with Crippen molar-refractivity contribution in [1.82, 2.24) is 24.4 Å². The van der Waals surface area contributed by atoms with Crippen LogP contribution in [0.5, 0.6) is 0 Å². The van der Waals surface area contributed by atoms with Crippen molar-refractivity contribution in [3.63, 3.8) is 0 Å². The summed E-state index contributed by atoms with van der Waals surface area (Å²) >= 11 is 1.74. The molecule has 1 N–H and O–H groups in total. The van der Waals surface area contributed by atoms with Crippen LogP contribution in [0, 0.1) is 20.8 Å². The van der Waals surface area contributed by atoms with Crippen LogP contribution in [-0.2, 0) is 0 Å². The number of aromatic nitrogens is 4. The number of fused-ring (bicyclic) bond motifs is 1. The predicted octanol–water partition coefficient (Wildman–Crippen LogP) is 5.12. The van der Waals surface area contributed by atoms with Crippen molar-refractivity contribution in [1.29, 1.82) is 0 Å². The summed E-state index contributed by atoms with van der Waals surface area (Å²) in [6.45, 7) is 12.5. The second-order valence-electron chi connectivity index (χ2n) is 9.06. The molecule has 2 aromatic heterocycles. The minimum atomic E-state index is 0. The van der Waals surface area contributed by atoms with Crippen molar-refractivity contribution in [2.45, 2.75) is 25.7 Å². The Labute approximate surface area is 223 Å². The Kier molecular flexibility index (Phi) is 8.39. The molecule has 0 saturated carbocycles. The van der Waals surface area contributed by atoms with Crippen LogP contribution in [0.4, 0.5) is 11.5 Å². The molecule has 3 heterocycles. The average molecular weight is 524 g/mol. The number of nitrogens with one attached hydrogen (secondary N) is 1. The standard InChI is InChI=1S/C27H33N7S.ClH/c1-19-6-5-7-24(20(19)2)33-16-14-32(15-17-33)13-12-28-26-25-27(30-18-29-26)34(21(3)31-25)22-8-10-23(35-4)11-9-22;/h5-11,18H,12-17H2,1-4H3,(H,28,29,30);1H. The van der Waals surface area contributed by atoms with Crippen LogP contribution < -0.4 is 10.2 Å². The third kappa shape index (κ3) is 5.31. The summed E-state index contributed by atoms with van der Waals surface area (Å²) in [6.07, 6.45) is 3.71. The maximum absolute atomic E-state index is 4.81. The number of thioether (sulfide) groups is 1. The lowest BCUT2D eigenvalue weighted by atomic mass is 10.1. The lowest BCUT2D eigenvalue weighted by Crippen LogP contribution is -2.47. The number of benzene rings is 2. The van der Waals surface area contributed by atoms with E-state index in [1.54, 1.807) is 18.1 Å². The number of hydrogen-bond donors (Lipinski definition) is 1. The molecule has 5 rings (SSSR count). The minimum Gasteiger partial charge on any atom is -0.369 e. The van der Waals surface area contributed by atoms with Crippen LogP contribution in [0.3, 0.4) is 0 Å². The van der Waals surface area contributed by atoms with E-state index in [1.807, 2.05) is 6.92 Å². The molecule has 4 aromatic rings. The highest BCUT2D eigenvalue weighted by Gasteiger charge is 2.19. The number of piperazine rings is 1. The van der Waals surface area contributed by atoms with E-state index >= 15 is 0 Å². The number of anilines is 2. The second-order valence-corrected chi connectivity index (χ2v) is 9.94. The number of aryl methyl sites for hydroxylation is 2. The molecule has 36 heavy (non-hydrogen) atoms. The molecule has 0 atom stereocenters. The normalized spacial score (nSPS) is 14.2. The first-order chi connectivity index (χ1) is 17.0. The third-order valence-electron chi connectivity index (χ3n) is 6.95. The van der Waals surface area contributed by atoms with Crippen molar-refractivity contribution in [3.8, 4) is 5.69 Å². The second kappa shape index (κ2) is 11.5. The van der Waals surface area contributed by atoms with Gasteiger partial charge in [0.05, 0.1) is 0 Å². The molecule has 1 saturated heterocycles. The maximum Gasteiger partial charge on any atom is 0.170 e. The molecule has 0 bridgehead atoms. The van der Waals surface area contributed by atoms with Gasteiger partial charge in [-0.15, -0.1) is 24.2 Å². The van der Waals surface area contributed by atoms with Gasteiger partial charge in [0.15, 0.2) is 17.0 Å². The minimum absolute atomic E-state index is 0. The topological polar surface area (TPSA) is 62.1 Å². The smallest absolute Gasteiger partial charge is 0.170 e. The fourth-order valence-electron chi connectivity index (χ4n) is 4.79. The highest BCUT2D eigenvalue weighted by Crippen LogP contribution is 2.26. The van der Waals surface area contributed by atoms with E-state index in [4.69, 9.17) is 4.98 Å². The summed E-state index contributed by atoms with van der Waals surface area (Å²) in [5.74, 6) is 1.70. The number of nitrogens with zero attached hydrogens (tertiary/aromatic N) is 6. The zero-order chi connectivity index (χ0) is 24.4. The highest BCUT2D eigenvalue weighted by atomic mass is 35.5. The quantitative estimate of drug-likeness (QED) is 0.337. The summed E-state index contributed by atoms with van der Waals surface area (Å²) < 4.78 is 2.10. The van der Waals surface area contributed by atoms with Gasteiger partial charge in [0, 0.05) is 55.5 Å². The molecular formula is C27H34ClN7S. The van der Waals surface area contributed by atoms with E-state index in [9.17, 15) is 0 Å². The molecule has 0 unspecified atom stereocenters. The zero-order valence-electron chi connectivity index (χ0n) is 21.4. The molecule has 2 aromatic carbocycles. The summed E-state index contributed by atoms with van der Waals surface area (Å²) in [5, 5.41) is 3.52. The predicted molar refractivity (Wildman–Crippen MR) is 153 cm³/mol. The van der Waals surface area contributed by atoms with E-state index in [2.05, 4.69) is 92.2 Å². The summed E-state index contributed by atoms with van der Waals surface area (Å²) in [5.41, 5.74) is 6.84. The van der Waals surface area contributed by atoms with Crippen molar-refractivity contribution in [3.05, 3.63) is 65.7 Å². The van der Waals surface area contributed by atoms with E-state index in [0.717, 1.165) is 67.8 Å². The Balaban J connectivity index is 0.00000304. The molecule has 1 fully saturated rings. The Morgan fingerprint density at radius 2 is 1.69 bits per heavy atom. The van der Waals surface area contributed by atoms with Crippen molar-refractivity contribution in [2.24, 2.45) is 0 Å². The number of imidazole rings is 1. The van der Waals surface area contributed by atoms with Crippen LogP contribution in [0.25, 0.3) is 16.9 Å². The molecule has 9 heteroatoms. The lowest BCUT2D eigenvalue weighted by molar-refractivity contribution is 0.267. The van der Waals surface area contributed by atoms with E-state index in [1.165, 1.54) is 21.7 Å². The van der Waals surface area contributed by atoms with Gasteiger partial charge in [-0.25, -0.2) is 15.0 Å². The molecule has 7 nitrogen and oxygen atoms in total. The summed E-state index contributed by atoms with van der Waals surface area (Å²) in [4.78, 5) is 20.1. The van der Waals surface area contributed by atoms with Crippen LogP contribution in [-0.4, -0.2) is 69.9 Å². The van der Waals surface area contributed by atoms with E-state index in [0.29, 0.717) is 0 Å². The molecular weight excluding hydrogens is 490 g/mol. The SMILES string of the molecule is CSc1ccc(-n2c(C)nc3c(NCCN4CCN(c5cccc(C)c5C)CC4)ncnc32)cc1.Cl. The number of halogens is 1. The first-order valence-electron chi connectivity index (χ1n) is 12.2. The maximum atomic E-state index is 4.81. The van der Waals surface area contributed by atoms with Gasteiger partial charge in [0.1, 0.15) is 12.2 Å². The first kappa shape index (κ1) is 26.3. The first-order valence-corrected chi connectivity index (χ1v) is 13.4. The lowest BCUT2D eigenvalue weighted by Gasteiger charge is -2.37. The Bertz CT molecular complexity index is 1310. The van der Waals surface area contributed by atoms with Crippen molar-refractivity contribution >= 4 is 46.8 Å². The molecule has 1 aliphatic heterocycles. The average Bonchev–Trinajstić information content (AvgIpc) is 3.23. The fraction of sp³-hybridized carbons (Fsp3) is 0.370. The van der Waals surface area contributed by atoms with Gasteiger partial charge >= 0.3 is 0 Å². The van der Waals surface area contributed by atoms with Gasteiger partial charge in [0.25, 0.3) is 0 Å². The van der Waals surface area contributed by atoms with Crippen molar-refractivity contribution in [2.75, 3.05) is 55.7 Å². The fourth-order valence-corrected chi connectivity index (χ4v) is 5.20. The number of rotatable bonds is 7.